The molecule has 0 spiro atoms. The van der Waals surface area contributed by atoms with Gasteiger partial charge < -0.3 is 5.11 Å². The fourth-order valence-electron chi connectivity index (χ4n) is 1.36. The maximum Gasteiger partial charge on any atom is 0.0491 e. The van der Waals surface area contributed by atoms with Crippen LogP contribution in [0.5, 0.6) is 0 Å². The molecule has 0 fully saturated rings. The zero-order valence-corrected chi connectivity index (χ0v) is 9.77. The molecule has 0 aliphatic rings. The Bertz CT molecular complexity index is 326. The Morgan fingerprint density at radius 2 is 2.00 bits per heavy atom. The van der Waals surface area contributed by atoms with Crippen molar-refractivity contribution in [2.45, 2.75) is 26.7 Å². The number of benzene rings is 1. The van der Waals surface area contributed by atoms with Gasteiger partial charge in [-0.15, -0.1) is 0 Å². The van der Waals surface area contributed by atoms with Gasteiger partial charge in [-0.2, -0.15) is 0 Å². The van der Waals surface area contributed by atoms with E-state index >= 15 is 0 Å². The molecule has 1 nitrogen and oxygen atoms in total. The van der Waals surface area contributed by atoms with E-state index < -0.39 is 0 Å². The van der Waals surface area contributed by atoms with Crippen LogP contribution in [0.15, 0.2) is 30.3 Å². The van der Waals surface area contributed by atoms with Crippen molar-refractivity contribution in [2.75, 3.05) is 6.61 Å². The number of hydrogen-bond acceptors (Lipinski definition) is 1. The second kappa shape index (κ2) is 5.72. The maximum atomic E-state index is 8.90. The van der Waals surface area contributed by atoms with Crippen LogP contribution >= 0.6 is 0 Å². The van der Waals surface area contributed by atoms with Crippen LogP contribution in [0.1, 0.15) is 37.8 Å². The van der Waals surface area contributed by atoms with E-state index in [1.54, 1.807) is 0 Å². The first-order valence-electron chi connectivity index (χ1n) is 5.52. The monoisotopic (exact) mass is 204 g/mol. The molecule has 0 bridgehead atoms. The highest BCUT2D eigenvalue weighted by atomic mass is 16.3. The molecular formula is C14H20O. The Hall–Kier alpha value is -1.08. The van der Waals surface area contributed by atoms with Crippen molar-refractivity contribution >= 4 is 6.08 Å². The third kappa shape index (κ3) is 3.88. The third-order valence-corrected chi connectivity index (χ3v) is 2.48. The molecule has 0 aliphatic heterocycles. The van der Waals surface area contributed by atoms with Crippen molar-refractivity contribution in [2.24, 2.45) is 5.92 Å². The summed E-state index contributed by atoms with van der Waals surface area (Å²) in [5.41, 5.74) is 2.57. The highest BCUT2D eigenvalue weighted by Crippen LogP contribution is 2.16. The summed E-state index contributed by atoms with van der Waals surface area (Å²) < 4.78 is 0. The number of hydrogen-bond donors (Lipinski definition) is 1. The Kier molecular flexibility index (Phi) is 4.57. The fourth-order valence-corrected chi connectivity index (χ4v) is 1.36. The van der Waals surface area contributed by atoms with Gasteiger partial charge in [-0.05, 0) is 23.0 Å². The summed E-state index contributed by atoms with van der Waals surface area (Å²) in [6, 6.07) is 8.52. The predicted molar refractivity (Wildman–Crippen MR) is 65.8 cm³/mol. The summed E-state index contributed by atoms with van der Waals surface area (Å²) in [4.78, 5) is 0. The molecular weight excluding hydrogens is 184 g/mol. The SMILES string of the molecule is CC(C)c1cccc(/C=C/[C@@H](C)CO)c1. The normalized spacial score (nSPS) is 13.7. The Labute approximate surface area is 92.5 Å². The number of aliphatic hydroxyl groups is 1. The van der Waals surface area contributed by atoms with Crippen molar-refractivity contribution in [3.63, 3.8) is 0 Å². The van der Waals surface area contributed by atoms with Gasteiger partial charge in [-0.1, -0.05) is 57.2 Å². The second-order valence-electron chi connectivity index (χ2n) is 4.34. The summed E-state index contributed by atoms with van der Waals surface area (Å²) in [5, 5.41) is 8.90. The molecule has 0 saturated heterocycles. The molecule has 0 radical (unpaired) electrons. The number of rotatable bonds is 4. The minimum Gasteiger partial charge on any atom is -0.396 e. The van der Waals surface area contributed by atoms with Crippen molar-refractivity contribution in [1.82, 2.24) is 0 Å². The van der Waals surface area contributed by atoms with Crippen molar-refractivity contribution < 1.29 is 5.11 Å². The molecule has 1 N–H and O–H groups in total. The predicted octanol–water partition coefficient (Wildman–Crippen LogP) is 3.45. The first kappa shape index (κ1) is 12.0. The molecule has 1 aromatic carbocycles. The first-order valence-corrected chi connectivity index (χ1v) is 5.52. The summed E-state index contributed by atoms with van der Waals surface area (Å²) >= 11 is 0. The zero-order valence-electron chi connectivity index (χ0n) is 9.77. The van der Waals surface area contributed by atoms with Gasteiger partial charge >= 0.3 is 0 Å². The van der Waals surface area contributed by atoms with Crippen molar-refractivity contribution in [1.29, 1.82) is 0 Å². The van der Waals surface area contributed by atoms with E-state index in [4.69, 9.17) is 5.11 Å². The molecule has 1 atom stereocenters. The third-order valence-electron chi connectivity index (χ3n) is 2.48. The van der Waals surface area contributed by atoms with Gasteiger partial charge in [-0.25, -0.2) is 0 Å². The molecule has 1 rings (SSSR count). The van der Waals surface area contributed by atoms with Gasteiger partial charge in [0.25, 0.3) is 0 Å². The summed E-state index contributed by atoms with van der Waals surface area (Å²) in [5.74, 6) is 0.793. The lowest BCUT2D eigenvalue weighted by Crippen LogP contribution is -1.94. The molecule has 0 aliphatic carbocycles. The molecule has 0 unspecified atom stereocenters. The van der Waals surface area contributed by atoms with E-state index in [1.165, 1.54) is 11.1 Å². The minimum atomic E-state index is 0.209. The largest absolute Gasteiger partial charge is 0.396 e. The fraction of sp³-hybridized carbons (Fsp3) is 0.429. The van der Waals surface area contributed by atoms with Crippen LogP contribution in [-0.2, 0) is 0 Å². The molecule has 0 heterocycles. The molecule has 1 aromatic rings. The molecule has 0 aromatic heterocycles. The van der Waals surface area contributed by atoms with E-state index in [0.29, 0.717) is 5.92 Å². The molecule has 1 heteroatoms. The standard InChI is InChI=1S/C14H20O/c1-11(2)14-6-4-5-13(9-14)8-7-12(3)10-15/h4-9,11-12,15H,10H2,1-3H3/b8-7+/t12-/m1/s1. The topological polar surface area (TPSA) is 20.2 Å². The van der Waals surface area contributed by atoms with Crippen LogP contribution in [-0.4, -0.2) is 11.7 Å². The van der Waals surface area contributed by atoms with Gasteiger partial charge in [-0.3, -0.25) is 0 Å². The average molecular weight is 204 g/mol. The van der Waals surface area contributed by atoms with Crippen LogP contribution < -0.4 is 0 Å². The summed E-state index contributed by atoms with van der Waals surface area (Å²) in [7, 11) is 0. The first-order chi connectivity index (χ1) is 7.13. The van der Waals surface area contributed by atoms with E-state index in [-0.39, 0.29) is 12.5 Å². The Balaban J connectivity index is 2.78. The Morgan fingerprint density at radius 1 is 1.27 bits per heavy atom. The van der Waals surface area contributed by atoms with Crippen molar-refractivity contribution in [3.05, 3.63) is 41.5 Å². The number of aliphatic hydroxyl groups excluding tert-OH is 1. The average Bonchev–Trinajstić information content (AvgIpc) is 2.26. The van der Waals surface area contributed by atoms with Crippen LogP contribution in [0.2, 0.25) is 0 Å². The lowest BCUT2D eigenvalue weighted by Gasteiger charge is -2.06. The highest BCUT2D eigenvalue weighted by Gasteiger charge is 1.98. The van der Waals surface area contributed by atoms with E-state index in [2.05, 4.69) is 44.2 Å². The Morgan fingerprint density at radius 3 is 2.60 bits per heavy atom. The van der Waals surface area contributed by atoms with Gasteiger partial charge in [0.1, 0.15) is 0 Å². The lowest BCUT2D eigenvalue weighted by molar-refractivity contribution is 0.262. The molecule has 82 valence electrons. The van der Waals surface area contributed by atoms with Gasteiger partial charge in [0.15, 0.2) is 0 Å². The molecule has 15 heavy (non-hydrogen) atoms. The lowest BCUT2D eigenvalue weighted by atomic mass is 10.0. The molecule has 0 amide bonds. The van der Waals surface area contributed by atoms with Crippen LogP contribution in [0.4, 0.5) is 0 Å². The highest BCUT2D eigenvalue weighted by molar-refractivity contribution is 5.50. The maximum absolute atomic E-state index is 8.90. The van der Waals surface area contributed by atoms with Crippen LogP contribution in [0.25, 0.3) is 6.08 Å². The zero-order chi connectivity index (χ0) is 11.3. The second-order valence-corrected chi connectivity index (χ2v) is 4.34. The smallest absolute Gasteiger partial charge is 0.0491 e. The van der Waals surface area contributed by atoms with Gasteiger partial charge in [0.05, 0.1) is 0 Å². The quantitative estimate of drug-likeness (QED) is 0.796. The van der Waals surface area contributed by atoms with Crippen molar-refractivity contribution in [3.8, 4) is 0 Å². The summed E-state index contributed by atoms with van der Waals surface area (Å²) in [6.07, 6.45) is 4.12. The van der Waals surface area contributed by atoms with Crippen LogP contribution in [0.3, 0.4) is 0 Å². The van der Waals surface area contributed by atoms with Gasteiger partial charge in [0, 0.05) is 6.61 Å². The molecule has 0 saturated carbocycles. The summed E-state index contributed by atoms with van der Waals surface area (Å²) in [6.45, 7) is 6.60. The van der Waals surface area contributed by atoms with Gasteiger partial charge in [0.2, 0.25) is 0 Å². The van der Waals surface area contributed by atoms with E-state index in [9.17, 15) is 0 Å². The minimum absolute atomic E-state index is 0.209. The van der Waals surface area contributed by atoms with E-state index in [0.717, 1.165) is 0 Å². The van der Waals surface area contributed by atoms with Crippen LogP contribution in [0, 0.1) is 5.92 Å². The van der Waals surface area contributed by atoms with E-state index in [1.807, 2.05) is 13.0 Å².